The van der Waals surface area contributed by atoms with Gasteiger partial charge in [0.2, 0.25) is 0 Å². The quantitative estimate of drug-likeness (QED) is 0.175. The van der Waals surface area contributed by atoms with Crippen molar-refractivity contribution in [3.05, 3.63) is 125 Å². The van der Waals surface area contributed by atoms with Gasteiger partial charge in [0.15, 0.2) is 0 Å². The predicted molar refractivity (Wildman–Crippen MR) is 209 cm³/mol. The molecule has 0 N–H and O–H groups in total. The number of aryl methyl sites for hydroxylation is 3. The molecule has 1 aromatic heterocycles. The number of nitrogens with zero attached hydrogens (tertiary/aromatic N) is 2. The predicted octanol–water partition coefficient (Wildman–Crippen LogP) is 10.3. The summed E-state index contributed by atoms with van der Waals surface area (Å²) in [5.74, 6) is 0. The molecule has 3 heterocycles. The van der Waals surface area contributed by atoms with Gasteiger partial charge in [0.1, 0.15) is 5.58 Å². The third kappa shape index (κ3) is 4.71. The summed E-state index contributed by atoms with van der Waals surface area (Å²) in [4.78, 5) is 5.04. The second-order valence-corrected chi connectivity index (χ2v) is 16.6. The molecule has 0 saturated heterocycles. The number of benzene rings is 5. The Morgan fingerprint density at radius 1 is 0.612 bits per heavy atom. The highest BCUT2D eigenvalue weighted by Crippen LogP contribution is 2.48. The highest BCUT2D eigenvalue weighted by Gasteiger charge is 2.47. The Morgan fingerprint density at radius 2 is 1.16 bits per heavy atom. The average Bonchev–Trinajstić information content (AvgIpc) is 3.46. The molecular formula is C45H45BN2O. The van der Waals surface area contributed by atoms with Crippen LogP contribution in [0.15, 0.2) is 101 Å². The Balaban J connectivity index is 1.36. The van der Waals surface area contributed by atoms with Crippen LogP contribution >= 0.6 is 0 Å². The van der Waals surface area contributed by atoms with Crippen molar-refractivity contribution < 1.29 is 4.42 Å². The van der Waals surface area contributed by atoms with Crippen LogP contribution in [0.5, 0.6) is 0 Å². The second kappa shape index (κ2) is 10.7. The van der Waals surface area contributed by atoms with Gasteiger partial charge in [0, 0.05) is 33.8 Å². The zero-order valence-electron chi connectivity index (χ0n) is 29.9. The number of anilines is 6. The van der Waals surface area contributed by atoms with E-state index in [0.29, 0.717) is 0 Å². The molecule has 0 amide bonds. The van der Waals surface area contributed by atoms with E-state index in [1.54, 1.807) is 0 Å². The minimum Gasteiger partial charge on any atom is -0.468 e. The lowest BCUT2D eigenvalue weighted by Gasteiger charge is -2.43. The normalized spacial score (nSPS) is 15.2. The fourth-order valence-electron chi connectivity index (χ4n) is 8.56. The summed E-state index contributed by atoms with van der Waals surface area (Å²) in [6, 6.07) is 37.0. The van der Waals surface area contributed by atoms with Crippen LogP contribution in [0.1, 0.15) is 82.2 Å². The maximum absolute atomic E-state index is 7.03. The number of rotatable bonds is 2. The largest absolute Gasteiger partial charge is 0.468 e. The van der Waals surface area contributed by atoms with Crippen LogP contribution in [0.3, 0.4) is 0 Å². The van der Waals surface area contributed by atoms with E-state index in [0.717, 1.165) is 35.2 Å². The summed E-state index contributed by atoms with van der Waals surface area (Å²) >= 11 is 0. The third-order valence-electron chi connectivity index (χ3n) is 11.2. The fraction of sp³-hybridized carbons (Fsp3) is 0.289. The lowest BCUT2D eigenvalue weighted by molar-refractivity contribution is 0.590. The summed E-state index contributed by atoms with van der Waals surface area (Å²) in [6.45, 7) is 16.0. The van der Waals surface area contributed by atoms with Crippen LogP contribution in [0.25, 0.3) is 11.0 Å². The Kier molecular flexibility index (Phi) is 6.60. The Morgan fingerprint density at radius 3 is 1.78 bits per heavy atom. The van der Waals surface area contributed by atoms with Crippen LogP contribution in [0.2, 0.25) is 0 Å². The average molecular weight is 641 g/mol. The van der Waals surface area contributed by atoms with E-state index >= 15 is 0 Å². The van der Waals surface area contributed by atoms with Crippen molar-refractivity contribution in [2.75, 3.05) is 9.80 Å². The number of fused-ring (bicyclic) bond motifs is 7. The van der Waals surface area contributed by atoms with Gasteiger partial charge in [-0.15, -0.1) is 0 Å². The summed E-state index contributed by atoms with van der Waals surface area (Å²) in [7, 11) is 0. The molecule has 4 heteroatoms. The van der Waals surface area contributed by atoms with E-state index in [1.807, 2.05) is 0 Å². The van der Waals surface area contributed by atoms with Gasteiger partial charge < -0.3 is 14.2 Å². The van der Waals surface area contributed by atoms with Crippen molar-refractivity contribution in [3.63, 3.8) is 0 Å². The molecule has 0 spiro atoms. The molecule has 0 fully saturated rings. The van der Waals surface area contributed by atoms with Crippen molar-refractivity contribution in [2.24, 2.45) is 0 Å². The Bertz CT molecular complexity index is 2260. The van der Waals surface area contributed by atoms with Crippen LogP contribution < -0.4 is 26.4 Å². The van der Waals surface area contributed by atoms with Crippen LogP contribution in [0.4, 0.5) is 34.1 Å². The van der Waals surface area contributed by atoms with Gasteiger partial charge in [-0.05, 0) is 137 Å². The van der Waals surface area contributed by atoms with E-state index in [4.69, 9.17) is 4.42 Å². The number of hydrogen-bond acceptors (Lipinski definition) is 3. The summed E-state index contributed by atoms with van der Waals surface area (Å²) < 4.78 is 7.03. The van der Waals surface area contributed by atoms with Gasteiger partial charge in [-0.3, -0.25) is 0 Å². The van der Waals surface area contributed by atoms with E-state index in [-0.39, 0.29) is 17.5 Å². The molecule has 244 valence electrons. The van der Waals surface area contributed by atoms with Gasteiger partial charge in [0.05, 0.1) is 11.3 Å². The number of hydrogen-bond donors (Lipinski definition) is 0. The van der Waals surface area contributed by atoms with Gasteiger partial charge in [-0.2, -0.15) is 0 Å². The SMILES string of the molecule is Cc1cc2c3c(c1)N(c1ccc(C(C)(C)C)cc1)c1c(oc4ccccc14)B3c1cc3c(cc1N2c1ccc(C(C)(C)C)cc1)CCCC3. The van der Waals surface area contributed by atoms with Gasteiger partial charge >= 0.3 is 0 Å². The van der Waals surface area contributed by atoms with Crippen molar-refractivity contribution >= 4 is 68.4 Å². The summed E-state index contributed by atoms with van der Waals surface area (Å²) in [5.41, 5.74) is 19.0. The highest BCUT2D eigenvalue weighted by molar-refractivity contribution is 7.00. The van der Waals surface area contributed by atoms with Crippen LogP contribution in [-0.2, 0) is 23.7 Å². The van der Waals surface area contributed by atoms with Gasteiger partial charge in [-0.25, -0.2) is 0 Å². The molecule has 9 rings (SSSR count). The molecule has 1 aliphatic carbocycles. The standard InChI is InChI=1S/C45H45BN2O/c1-28-24-38-41-39(25-28)48(34-22-18-32(19-23-34)45(5,6)7)42-35-14-10-11-15-40(35)49-43(42)46(41)36-26-29-12-8-9-13-30(29)27-37(36)47(38)33-20-16-31(17-21-33)44(2,3)4/h10-11,14-27H,8-9,12-13H2,1-7H3. The molecule has 3 nitrogen and oxygen atoms in total. The zero-order chi connectivity index (χ0) is 33.8. The third-order valence-corrected chi connectivity index (χ3v) is 11.2. The number of para-hydroxylation sites is 1. The van der Waals surface area contributed by atoms with Gasteiger partial charge in [-0.1, -0.05) is 84.0 Å². The van der Waals surface area contributed by atoms with E-state index in [1.165, 1.54) is 80.0 Å². The minimum atomic E-state index is -0.00887. The summed E-state index contributed by atoms with van der Waals surface area (Å²) in [5, 5.41) is 1.16. The maximum Gasteiger partial charge on any atom is 0.297 e. The Hall–Kier alpha value is -4.70. The summed E-state index contributed by atoms with van der Waals surface area (Å²) in [6.07, 6.45) is 4.79. The fourth-order valence-corrected chi connectivity index (χ4v) is 8.56. The lowest BCUT2D eigenvalue weighted by Crippen LogP contribution is -2.61. The first-order valence-corrected chi connectivity index (χ1v) is 18.1. The van der Waals surface area contributed by atoms with Crippen molar-refractivity contribution in [2.45, 2.75) is 85.0 Å². The van der Waals surface area contributed by atoms with Crippen molar-refractivity contribution in [3.8, 4) is 0 Å². The van der Waals surface area contributed by atoms with Crippen LogP contribution in [-0.4, -0.2) is 6.71 Å². The molecule has 3 aliphatic rings. The van der Waals surface area contributed by atoms with Crippen LogP contribution in [0, 0.1) is 6.92 Å². The molecule has 0 bridgehead atoms. The zero-order valence-corrected chi connectivity index (χ0v) is 29.9. The molecule has 5 aromatic carbocycles. The Labute approximate surface area is 291 Å². The molecule has 6 aromatic rings. The van der Waals surface area contributed by atoms with Crippen molar-refractivity contribution in [1.29, 1.82) is 0 Å². The second-order valence-electron chi connectivity index (χ2n) is 16.6. The molecule has 0 radical (unpaired) electrons. The first kappa shape index (κ1) is 30.4. The molecule has 2 aliphatic heterocycles. The minimum absolute atomic E-state index is 0.00887. The highest BCUT2D eigenvalue weighted by atomic mass is 16.3. The van der Waals surface area contributed by atoms with Gasteiger partial charge in [0.25, 0.3) is 6.71 Å². The smallest absolute Gasteiger partial charge is 0.297 e. The molecule has 49 heavy (non-hydrogen) atoms. The van der Waals surface area contributed by atoms with E-state index in [9.17, 15) is 0 Å². The van der Waals surface area contributed by atoms with Crippen molar-refractivity contribution in [1.82, 2.24) is 0 Å². The maximum atomic E-state index is 7.03. The first-order valence-electron chi connectivity index (χ1n) is 18.1. The molecule has 0 saturated carbocycles. The number of furan rings is 1. The lowest BCUT2D eigenvalue weighted by atomic mass is 9.35. The first-order chi connectivity index (χ1) is 23.5. The van der Waals surface area contributed by atoms with E-state index < -0.39 is 0 Å². The monoisotopic (exact) mass is 640 g/mol. The molecular weight excluding hydrogens is 595 g/mol. The van der Waals surface area contributed by atoms with E-state index in [2.05, 4.69) is 155 Å². The molecule has 0 atom stereocenters. The molecule has 0 unspecified atom stereocenters. The topological polar surface area (TPSA) is 19.6 Å².